The molecule has 0 fully saturated rings. The van der Waals surface area contributed by atoms with E-state index in [9.17, 15) is 0 Å². The molecule has 0 unspecified atom stereocenters. The van der Waals surface area contributed by atoms with Crippen LogP contribution in [0.5, 0.6) is 0 Å². The van der Waals surface area contributed by atoms with Gasteiger partial charge in [-0.1, -0.05) is 122 Å². The third kappa shape index (κ3) is 4.80. The van der Waals surface area contributed by atoms with E-state index < -0.39 is 0 Å². The summed E-state index contributed by atoms with van der Waals surface area (Å²) in [4.78, 5) is 0. The second-order valence-electron chi connectivity index (χ2n) is 13.2. The van der Waals surface area contributed by atoms with Gasteiger partial charge < -0.3 is 4.42 Å². The first-order valence-electron chi connectivity index (χ1n) is 17.4. The quantitative estimate of drug-likeness (QED) is 0.180. The number of para-hydroxylation sites is 1. The minimum Gasteiger partial charge on any atom is -0.455 e. The molecule has 0 atom stereocenters. The van der Waals surface area contributed by atoms with Crippen molar-refractivity contribution < 1.29 is 4.42 Å². The van der Waals surface area contributed by atoms with Gasteiger partial charge in [0.2, 0.25) is 0 Å². The SMILES string of the molecule is C=C(/C=c1\c(=C)sc2ccccc12)C1=c2cccc/c2=C(c2cc3c(ccc4c5ccccc5oc43)c3c2sc2ccccc23)/C=C/CCC=C1. The molecule has 0 bridgehead atoms. The fourth-order valence-corrected chi connectivity index (χ4v) is 10.1. The lowest BCUT2D eigenvalue weighted by molar-refractivity contribution is 0.672. The van der Waals surface area contributed by atoms with E-state index in [1.54, 1.807) is 11.3 Å². The monoisotopic (exact) mass is 688 g/mol. The van der Waals surface area contributed by atoms with Crippen molar-refractivity contribution in [3.8, 4) is 0 Å². The first-order chi connectivity index (χ1) is 25.1. The highest BCUT2D eigenvalue weighted by Crippen LogP contribution is 2.45. The van der Waals surface area contributed by atoms with Crippen LogP contribution in [0.3, 0.4) is 0 Å². The molecule has 1 aliphatic carbocycles. The van der Waals surface area contributed by atoms with Crippen molar-refractivity contribution in [3.63, 3.8) is 0 Å². The molecule has 9 aromatic rings. The number of thiophene rings is 2. The summed E-state index contributed by atoms with van der Waals surface area (Å²) < 4.78 is 11.6. The molecule has 0 radical (unpaired) electrons. The molecule has 3 aromatic heterocycles. The Balaban J connectivity index is 1.35. The molecule has 0 N–H and O–H groups in total. The molecule has 1 nitrogen and oxygen atoms in total. The number of fused-ring (bicyclic) bond motifs is 11. The highest BCUT2D eigenvalue weighted by molar-refractivity contribution is 7.26. The Kier molecular flexibility index (Phi) is 7.06. The molecular weight excluding hydrogens is 657 g/mol. The van der Waals surface area contributed by atoms with Crippen LogP contribution in [0.1, 0.15) is 18.4 Å². The van der Waals surface area contributed by atoms with Gasteiger partial charge in [-0.2, -0.15) is 0 Å². The van der Waals surface area contributed by atoms with E-state index in [1.165, 1.54) is 52.0 Å². The van der Waals surface area contributed by atoms with Crippen molar-refractivity contribution in [2.45, 2.75) is 12.8 Å². The summed E-state index contributed by atoms with van der Waals surface area (Å²) in [6.45, 7) is 9.11. The summed E-state index contributed by atoms with van der Waals surface area (Å²) in [6.07, 6.45) is 13.4. The third-order valence-corrected chi connectivity index (χ3v) is 12.5. The first-order valence-corrected chi connectivity index (χ1v) is 19.0. The molecule has 6 aromatic carbocycles. The Labute approximate surface area is 302 Å². The molecule has 0 saturated heterocycles. The van der Waals surface area contributed by atoms with Crippen LogP contribution >= 0.6 is 22.7 Å². The van der Waals surface area contributed by atoms with Crippen molar-refractivity contribution in [1.82, 2.24) is 0 Å². The van der Waals surface area contributed by atoms with Crippen LogP contribution < -0.4 is 20.2 Å². The van der Waals surface area contributed by atoms with Gasteiger partial charge in [-0.25, -0.2) is 0 Å². The predicted octanol–water partition coefficient (Wildman–Crippen LogP) is 11.0. The van der Waals surface area contributed by atoms with Gasteiger partial charge in [-0.3, -0.25) is 0 Å². The lowest BCUT2D eigenvalue weighted by Crippen LogP contribution is -2.29. The number of rotatable bonds is 3. The van der Waals surface area contributed by atoms with Gasteiger partial charge in [0.1, 0.15) is 11.2 Å². The third-order valence-electron chi connectivity index (χ3n) is 10.2. The van der Waals surface area contributed by atoms with Crippen molar-refractivity contribution in [3.05, 3.63) is 177 Å². The fraction of sp³-hybridized carbons (Fsp3) is 0.0417. The maximum Gasteiger partial charge on any atom is 0.143 e. The van der Waals surface area contributed by atoms with Crippen LogP contribution in [-0.2, 0) is 0 Å². The largest absolute Gasteiger partial charge is 0.455 e. The lowest BCUT2D eigenvalue weighted by Gasteiger charge is -2.12. The molecule has 242 valence electrons. The van der Waals surface area contributed by atoms with E-state index >= 15 is 0 Å². The Morgan fingerprint density at radius 2 is 1.29 bits per heavy atom. The van der Waals surface area contributed by atoms with E-state index in [1.807, 2.05) is 17.4 Å². The number of hydrogen-bond acceptors (Lipinski definition) is 3. The molecule has 0 amide bonds. The number of benzene rings is 6. The zero-order chi connectivity index (χ0) is 34.1. The van der Waals surface area contributed by atoms with Gasteiger partial charge in [-0.05, 0) is 81.8 Å². The standard InChI is InChI=1S/C48H32OS2/c1-29(27-40-30(2)50-44-23-13-10-20-36(40)44)31-15-5-3-4-6-16-34(33-18-8-7-17-32(31)33)42-28-41-37(46-39-21-11-14-24-45(39)51-48(42)46)25-26-38-35-19-9-12-22-43(35)49-47(38)41/h5-28H,1-4H2/b15-5?,16-6+,32-31?,34-33+,40-27+. The van der Waals surface area contributed by atoms with Crippen molar-refractivity contribution in [2.75, 3.05) is 0 Å². The minimum atomic E-state index is 0.915. The Bertz CT molecular complexity index is 3230. The maximum atomic E-state index is 6.68. The maximum absolute atomic E-state index is 6.68. The Morgan fingerprint density at radius 1 is 0.627 bits per heavy atom. The van der Waals surface area contributed by atoms with Crippen molar-refractivity contribution >= 4 is 109 Å². The average molecular weight is 689 g/mol. The van der Waals surface area contributed by atoms with Crippen LogP contribution in [0.15, 0.2) is 156 Å². The molecule has 1 aliphatic rings. The Morgan fingerprint density at radius 3 is 2.14 bits per heavy atom. The Hall–Kier alpha value is -5.74. The van der Waals surface area contributed by atoms with Gasteiger partial charge >= 0.3 is 0 Å². The van der Waals surface area contributed by atoms with Crippen LogP contribution in [0.2, 0.25) is 0 Å². The topological polar surface area (TPSA) is 13.1 Å². The highest BCUT2D eigenvalue weighted by atomic mass is 32.1. The summed E-state index contributed by atoms with van der Waals surface area (Å²) in [5.74, 6) is 0. The average Bonchev–Trinajstić information content (AvgIpc) is 3.84. The predicted molar refractivity (Wildman–Crippen MR) is 223 cm³/mol. The van der Waals surface area contributed by atoms with Gasteiger partial charge in [0.25, 0.3) is 0 Å². The van der Waals surface area contributed by atoms with Gasteiger partial charge in [0.05, 0.1) is 0 Å². The fourth-order valence-electron chi connectivity index (χ4n) is 7.85. The lowest BCUT2D eigenvalue weighted by atomic mass is 9.92. The smallest absolute Gasteiger partial charge is 0.143 e. The first kappa shape index (κ1) is 30.1. The molecule has 3 heteroatoms. The zero-order valence-electron chi connectivity index (χ0n) is 27.9. The normalized spacial score (nSPS) is 15.8. The van der Waals surface area contributed by atoms with Crippen molar-refractivity contribution in [1.29, 1.82) is 0 Å². The second-order valence-corrected chi connectivity index (χ2v) is 15.4. The number of allylic oxidation sites excluding steroid dienone is 5. The molecule has 51 heavy (non-hydrogen) atoms. The van der Waals surface area contributed by atoms with Crippen LogP contribution in [0.4, 0.5) is 0 Å². The van der Waals surface area contributed by atoms with E-state index in [0.29, 0.717) is 0 Å². The van der Waals surface area contributed by atoms with Crippen LogP contribution in [0.25, 0.3) is 86.8 Å². The summed E-state index contributed by atoms with van der Waals surface area (Å²) in [6, 6.07) is 41.5. The van der Waals surface area contributed by atoms with Crippen molar-refractivity contribution in [2.24, 2.45) is 0 Å². The summed E-state index contributed by atoms with van der Waals surface area (Å²) in [5.41, 5.74) is 6.38. The van der Waals surface area contributed by atoms with E-state index in [-0.39, 0.29) is 0 Å². The molecule has 0 spiro atoms. The van der Waals surface area contributed by atoms with Crippen LogP contribution in [-0.4, -0.2) is 0 Å². The zero-order valence-corrected chi connectivity index (χ0v) is 29.5. The second kappa shape index (κ2) is 11.9. The van der Waals surface area contributed by atoms with Crippen LogP contribution in [0, 0.1) is 0 Å². The summed E-state index contributed by atoms with van der Waals surface area (Å²) in [7, 11) is 0. The molecule has 10 rings (SSSR count). The highest BCUT2D eigenvalue weighted by Gasteiger charge is 2.19. The number of furan rings is 1. The molecular formula is C48H32OS2. The summed E-state index contributed by atoms with van der Waals surface area (Å²) >= 11 is 3.62. The van der Waals surface area contributed by atoms with E-state index in [2.05, 4.69) is 146 Å². The van der Waals surface area contributed by atoms with E-state index in [4.69, 9.17) is 11.0 Å². The molecule has 0 aliphatic heterocycles. The molecule has 0 saturated carbocycles. The summed E-state index contributed by atoms with van der Waals surface area (Å²) in [5, 5.41) is 11.9. The minimum absolute atomic E-state index is 0.915. The molecule has 3 heterocycles. The van der Waals surface area contributed by atoms with E-state index in [0.717, 1.165) is 66.3 Å². The number of hydrogen-bond donors (Lipinski definition) is 0. The van der Waals surface area contributed by atoms with Gasteiger partial charge in [-0.15, -0.1) is 22.7 Å². The van der Waals surface area contributed by atoms with Gasteiger partial charge in [0, 0.05) is 61.7 Å². The van der Waals surface area contributed by atoms with Gasteiger partial charge in [0.15, 0.2) is 0 Å².